The number of methoxy groups -OCH3 is 1. The second-order valence-corrected chi connectivity index (χ2v) is 7.91. The highest BCUT2D eigenvalue weighted by Crippen LogP contribution is 2.35. The molecule has 11 heteroatoms. The largest absolute Gasteiger partial charge is 0.495 e. The Kier molecular flexibility index (Phi) is 5.10. The van der Waals surface area contributed by atoms with Crippen LogP contribution >= 0.6 is 0 Å². The number of non-ortho nitro benzene ring substituents is 1. The van der Waals surface area contributed by atoms with Gasteiger partial charge in [0.25, 0.3) is 11.6 Å². The van der Waals surface area contributed by atoms with Crippen molar-refractivity contribution in [1.29, 1.82) is 0 Å². The van der Waals surface area contributed by atoms with Gasteiger partial charge in [-0.15, -0.1) is 0 Å². The van der Waals surface area contributed by atoms with Crippen molar-refractivity contribution in [3.05, 3.63) is 52.6 Å². The van der Waals surface area contributed by atoms with Crippen molar-refractivity contribution in [3.8, 4) is 11.5 Å². The number of fused-ring (bicyclic) bond motifs is 1. The fourth-order valence-electron chi connectivity index (χ4n) is 2.77. The van der Waals surface area contributed by atoms with E-state index in [0.29, 0.717) is 5.69 Å². The summed E-state index contributed by atoms with van der Waals surface area (Å²) >= 11 is 0. The first-order chi connectivity index (χ1) is 13.2. The summed E-state index contributed by atoms with van der Waals surface area (Å²) in [5, 5.41) is 13.5. The minimum absolute atomic E-state index is 0.0788. The van der Waals surface area contributed by atoms with E-state index in [0.717, 1.165) is 16.6 Å². The molecule has 3 rings (SSSR count). The fraction of sp³-hybridized carbons (Fsp3) is 0.235. The van der Waals surface area contributed by atoms with Gasteiger partial charge in [-0.1, -0.05) is 12.1 Å². The highest BCUT2D eigenvalue weighted by atomic mass is 32.2. The Bertz CT molecular complexity index is 1040. The van der Waals surface area contributed by atoms with Crippen molar-refractivity contribution < 1.29 is 27.6 Å². The van der Waals surface area contributed by atoms with Gasteiger partial charge in [0, 0.05) is 12.1 Å². The summed E-state index contributed by atoms with van der Waals surface area (Å²) in [6, 6.07) is 10.2. The standard InChI is InChI=1S/C17H17N3O7S/c1-26-14-8-7-11(20(22)23)9-12(14)18-17(21)16-10-19(28(2,24)25)13-5-3-4-6-15(13)27-16/h3-9,16H,10H2,1-2H3,(H,18,21). The van der Waals surface area contributed by atoms with Crippen molar-refractivity contribution in [1.82, 2.24) is 0 Å². The van der Waals surface area contributed by atoms with Gasteiger partial charge >= 0.3 is 0 Å². The minimum atomic E-state index is -3.65. The molecule has 0 aromatic heterocycles. The van der Waals surface area contributed by atoms with E-state index in [4.69, 9.17) is 9.47 Å². The third kappa shape index (κ3) is 3.83. The number of hydrogen-bond donors (Lipinski definition) is 1. The van der Waals surface area contributed by atoms with Gasteiger partial charge in [0.05, 0.1) is 36.2 Å². The summed E-state index contributed by atoms with van der Waals surface area (Å²) in [6.45, 7) is -0.237. The van der Waals surface area contributed by atoms with E-state index in [1.165, 1.54) is 19.2 Å². The van der Waals surface area contributed by atoms with Gasteiger partial charge < -0.3 is 14.8 Å². The van der Waals surface area contributed by atoms with Gasteiger partial charge in [0.1, 0.15) is 11.5 Å². The number of nitrogens with zero attached hydrogens (tertiary/aromatic N) is 2. The average molecular weight is 407 g/mol. The molecule has 0 spiro atoms. The average Bonchev–Trinajstić information content (AvgIpc) is 2.66. The normalized spacial score (nSPS) is 15.9. The van der Waals surface area contributed by atoms with E-state index in [-0.39, 0.29) is 29.4 Å². The van der Waals surface area contributed by atoms with Gasteiger partial charge in [-0.3, -0.25) is 19.2 Å². The minimum Gasteiger partial charge on any atom is -0.495 e. The van der Waals surface area contributed by atoms with Crippen molar-refractivity contribution in [2.45, 2.75) is 6.10 Å². The molecular formula is C17H17N3O7S. The number of nitrogens with one attached hydrogen (secondary N) is 1. The predicted molar refractivity (Wildman–Crippen MR) is 101 cm³/mol. The van der Waals surface area contributed by atoms with E-state index >= 15 is 0 Å². The van der Waals surface area contributed by atoms with E-state index in [1.54, 1.807) is 24.3 Å². The van der Waals surface area contributed by atoms with Crippen LogP contribution in [0.15, 0.2) is 42.5 Å². The molecule has 1 N–H and O–H groups in total. The second kappa shape index (κ2) is 7.35. The van der Waals surface area contributed by atoms with Crippen LogP contribution in [0.25, 0.3) is 0 Å². The fourth-order valence-corrected chi connectivity index (χ4v) is 3.69. The van der Waals surface area contributed by atoms with Crippen LogP contribution in [0.2, 0.25) is 0 Å². The molecule has 10 nitrogen and oxygen atoms in total. The molecule has 0 aliphatic carbocycles. The van der Waals surface area contributed by atoms with Crippen molar-refractivity contribution in [2.24, 2.45) is 0 Å². The van der Waals surface area contributed by atoms with E-state index in [1.807, 2.05) is 0 Å². The van der Waals surface area contributed by atoms with Gasteiger partial charge in [-0.05, 0) is 18.2 Å². The first kappa shape index (κ1) is 19.4. The number of rotatable bonds is 5. The van der Waals surface area contributed by atoms with E-state index < -0.39 is 27.0 Å². The number of benzene rings is 2. The van der Waals surface area contributed by atoms with E-state index in [2.05, 4.69) is 5.32 Å². The summed E-state index contributed by atoms with van der Waals surface area (Å²) in [5.74, 6) is -0.206. The first-order valence-corrected chi connectivity index (χ1v) is 9.92. The predicted octanol–water partition coefficient (Wildman–Crippen LogP) is 1.77. The Hall–Kier alpha value is -3.34. The number of carbonyl (C=O) groups excluding carboxylic acids is 1. The molecule has 1 atom stereocenters. The third-order valence-corrected chi connectivity index (χ3v) is 5.23. The lowest BCUT2D eigenvalue weighted by Gasteiger charge is -2.33. The van der Waals surface area contributed by atoms with Gasteiger partial charge in [-0.25, -0.2) is 8.42 Å². The molecular weight excluding hydrogens is 390 g/mol. The summed E-state index contributed by atoms with van der Waals surface area (Å²) in [6.07, 6.45) is -0.123. The molecule has 2 aromatic carbocycles. The van der Waals surface area contributed by atoms with Crippen LogP contribution in [0.5, 0.6) is 11.5 Å². The molecule has 0 bridgehead atoms. The number of hydrogen-bond acceptors (Lipinski definition) is 7. The Morgan fingerprint density at radius 2 is 2.04 bits per heavy atom. The van der Waals surface area contributed by atoms with Crippen molar-refractivity contribution >= 4 is 33.0 Å². The number of amides is 1. The highest BCUT2D eigenvalue weighted by Gasteiger charge is 2.35. The smallest absolute Gasteiger partial charge is 0.271 e. The van der Waals surface area contributed by atoms with Gasteiger partial charge in [0.15, 0.2) is 6.10 Å². The number of carbonyl (C=O) groups is 1. The molecule has 0 saturated heterocycles. The first-order valence-electron chi connectivity index (χ1n) is 8.07. The Labute approximate surface area is 160 Å². The van der Waals surface area contributed by atoms with Gasteiger partial charge in [-0.2, -0.15) is 0 Å². The molecule has 148 valence electrons. The SMILES string of the molecule is COc1ccc([N+](=O)[O-])cc1NC(=O)C1CN(S(C)(=O)=O)c2ccccc2O1. The van der Waals surface area contributed by atoms with Crippen molar-refractivity contribution in [3.63, 3.8) is 0 Å². The van der Waals surface area contributed by atoms with Crippen LogP contribution in [0.3, 0.4) is 0 Å². The van der Waals surface area contributed by atoms with Crippen LogP contribution in [-0.2, 0) is 14.8 Å². The van der Waals surface area contributed by atoms with Crippen LogP contribution in [0.4, 0.5) is 17.1 Å². The zero-order valence-electron chi connectivity index (χ0n) is 15.0. The molecule has 1 amide bonds. The topological polar surface area (TPSA) is 128 Å². The molecule has 2 aromatic rings. The Morgan fingerprint density at radius 3 is 2.68 bits per heavy atom. The lowest BCUT2D eigenvalue weighted by Crippen LogP contribution is -2.48. The quantitative estimate of drug-likeness (QED) is 0.591. The number of para-hydroxylation sites is 2. The number of sulfonamides is 1. The molecule has 0 radical (unpaired) electrons. The molecule has 1 heterocycles. The third-order valence-electron chi connectivity index (χ3n) is 4.08. The maximum atomic E-state index is 12.7. The lowest BCUT2D eigenvalue weighted by molar-refractivity contribution is -0.384. The highest BCUT2D eigenvalue weighted by molar-refractivity contribution is 7.92. The number of nitro benzene ring substituents is 1. The van der Waals surface area contributed by atoms with Crippen LogP contribution in [0.1, 0.15) is 0 Å². The number of ether oxygens (including phenoxy) is 2. The molecule has 1 aliphatic heterocycles. The molecule has 0 saturated carbocycles. The number of anilines is 2. The second-order valence-electron chi connectivity index (χ2n) is 6.00. The zero-order chi connectivity index (χ0) is 20.5. The zero-order valence-corrected chi connectivity index (χ0v) is 15.8. The molecule has 0 fully saturated rings. The van der Waals surface area contributed by atoms with E-state index in [9.17, 15) is 23.3 Å². The maximum absolute atomic E-state index is 12.7. The lowest BCUT2D eigenvalue weighted by atomic mass is 10.2. The molecule has 28 heavy (non-hydrogen) atoms. The Balaban J connectivity index is 1.90. The maximum Gasteiger partial charge on any atom is 0.271 e. The number of nitro groups is 1. The van der Waals surface area contributed by atoms with Gasteiger partial charge in [0.2, 0.25) is 10.0 Å². The van der Waals surface area contributed by atoms with Crippen molar-refractivity contribution in [2.75, 3.05) is 29.5 Å². The van der Waals surface area contributed by atoms with Crippen LogP contribution < -0.4 is 19.1 Å². The monoisotopic (exact) mass is 407 g/mol. The van der Waals surface area contributed by atoms with Crippen LogP contribution in [-0.4, -0.2) is 45.3 Å². The molecule has 1 aliphatic rings. The van der Waals surface area contributed by atoms with Crippen LogP contribution in [0, 0.1) is 10.1 Å². The summed E-state index contributed by atoms with van der Waals surface area (Å²) in [5.41, 5.74) is 0.181. The summed E-state index contributed by atoms with van der Waals surface area (Å²) < 4.78 is 36.1. The molecule has 1 unspecified atom stereocenters. The summed E-state index contributed by atoms with van der Waals surface area (Å²) in [7, 11) is -2.29. The summed E-state index contributed by atoms with van der Waals surface area (Å²) in [4.78, 5) is 23.1. The Morgan fingerprint density at radius 1 is 1.32 bits per heavy atom.